The van der Waals surface area contributed by atoms with Crippen molar-refractivity contribution in [2.75, 3.05) is 26.3 Å². The maximum Gasteiger partial charge on any atom is 0.137 e. The van der Waals surface area contributed by atoms with Crippen LogP contribution in [0.1, 0.15) is 5.56 Å². The van der Waals surface area contributed by atoms with E-state index in [0.29, 0.717) is 13.1 Å². The van der Waals surface area contributed by atoms with E-state index >= 15 is 0 Å². The standard InChI is InChI=1S/C18H22BrNO3/c19-16-6-8-18(9-7-16)23-14-17(22)13-20(10-11-21)12-15-4-2-1-3-5-15/h1-9,17,21-22H,10-14H2/p+1/t17-/m1/s1. The minimum atomic E-state index is -0.580. The summed E-state index contributed by atoms with van der Waals surface area (Å²) in [4.78, 5) is 1.13. The molecule has 2 rings (SSSR count). The molecule has 5 heteroatoms. The van der Waals surface area contributed by atoms with Crippen molar-refractivity contribution in [3.63, 3.8) is 0 Å². The molecule has 23 heavy (non-hydrogen) atoms. The van der Waals surface area contributed by atoms with Crippen LogP contribution in [0.2, 0.25) is 0 Å². The van der Waals surface area contributed by atoms with Crippen LogP contribution in [0.25, 0.3) is 0 Å². The van der Waals surface area contributed by atoms with Crippen LogP contribution in [0.15, 0.2) is 59.1 Å². The third-order valence-electron chi connectivity index (χ3n) is 3.54. The van der Waals surface area contributed by atoms with E-state index in [1.807, 2.05) is 42.5 Å². The van der Waals surface area contributed by atoms with E-state index in [1.165, 1.54) is 5.56 Å². The highest BCUT2D eigenvalue weighted by Crippen LogP contribution is 2.16. The average Bonchev–Trinajstić information content (AvgIpc) is 2.55. The van der Waals surface area contributed by atoms with Gasteiger partial charge < -0.3 is 19.8 Å². The number of ether oxygens (including phenoxy) is 1. The van der Waals surface area contributed by atoms with Gasteiger partial charge in [-0.05, 0) is 24.3 Å². The molecule has 0 amide bonds. The van der Waals surface area contributed by atoms with Crippen LogP contribution >= 0.6 is 15.9 Å². The molecule has 124 valence electrons. The summed E-state index contributed by atoms with van der Waals surface area (Å²) >= 11 is 3.38. The van der Waals surface area contributed by atoms with Crippen molar-refractivity contribution >= 4 is 15.9 Å². The van der Waals surface area contributed by atoms with Crippen LogP contribution in [0.3, 0.4) is 0 Å². The summed E-state index contributed by atoms with van der Waals surface area (Å²) < 4.78 is 6.60. The highest BCUT2D eigenvalue weighted by atomic mass is 79.9. The minimum absolute atomic E-state index is 0.0997. The normalized spacial score (nSPS) is 13.5. The van der Waals surface area contributed by atoms with E-state index in [2.05, 4.69) is 28.1 Å². The Morgan fingerprint density at radius 2 is 1.74 bits per heavy atom. The van der Waals surface area contributed by atoms with Gasteiger partial charge in [-0.25, -0.2) is 0 Å². The van der Waals surface area contributed by atoms with Crippen molar-refractivity contribution in [1.29, 1.82) is 0 Å². The van der Waals surface area contributed by atoms with Gasteiger partial charge in [-0.3, -0.25) is 0 Å². The SMILES string of the molecule is OCC[NH+](Cc1ccccc1)C[C@@H](O)COc1ccc(Br)cc1. The number of aliphatic hydroxyl groups is 2. The number of nitrogens with one attached hydrogen (secondary N) is 1. The molecular weight excluding hydrogens is 358 g/mol. The van der Waals surface area contributed by atoms with Gasteiger partial charge >= 0.3 is 0 Å². The Morgan fingerprint density at radius 1 is 1.04 bits per heavy atom. The van der Waals surface area contributed by atoms with Gasteiger partial charge in [-0.15, -0.1) is 0 Å². The summed E-state index contributed by atoms with van der Waals surface area (Å²) in [6.45, 7) is 2.25. The Labute approximate surface area is 145 Å². The maximum absolute atomic E-state index is 10.2. The molecule has 0 radical (unpaired) electrons. The van der Waals surface area contributed by atoms with Gasteiger partial charge in [-0.2, -0.15) is 0 Å². The first-order chi connectivity index (χ1) is 11.2. The molecule has 0 fully saturated rings. The van der Waals surface area contributed by atoms with Crippen LogP contribution in [0, 0.1) is 0 Å². The predicted molar refractivity (Wildman–Crippen MR) is 93.6 cm³/mol. The van der Waals surface area contributed by atoms with E-state index in [4.69, 9.17) is 4.74 Å². The Bertz CT molecular complexity index is 562. The molecule has 0 aromatic heterocycles. The number of hydrogen-bond donors (Lipinski definition) is 3. The molecule has 4 nitrogen and oxygen atoms in total. The lowest BCUT2D eigenvalue weighted by molar-refractivity contribution is -0.917. The monoisotopic (exact) mass is 380 g/mol. The third kappa shape index (κ3) is 6.71. The van der Waals surface area contributed by atoms with Gasteiger partial charge in [-0.1, -0.05) is 46.3 Å². The first-order valence-corrected chi connectivity index (χ1v) is 8.51. The van der Waals surface area contributed by atoms with Crippen LogP contribution in [-0.2, 0) is 6.54 Å². The second kappa shape index (κ2) is 9.67. The van der Waals surface area contributed by atoms with Crippen LogP contribution in [0.4, 0.5) is 0 Å². The maximum atomic E-state index is 10.2. The zero-order valence-electron chi connectivity index (χ0n) is 13.0. The highest BCUT2D eigenvalue weighted by molar-refractivity contribution is 9.10. The van der Waals surface area contributed by atoms with E-state index in [9.17, 15) is 10.2 Å². The van der Waals surface area contributed by atoms with Gasteiger partial charge in [0.2, 0.25) is 0 Å². The molecule has 0 aliphatic carbocycles. The summed E-state index contributed by atoms with van der Waals surface area (Å²) in [6.07, 6.45) is -0.580. The number of rotatable bonds is 9. The predicted octanol–water partition coefficient (Wildman–Crippen LogP) is 1.27. The molecule has 0 saturated heterocycles. The second-order valence-electron chi connectivity index (χ2n) is 5.51. The van der Waals surface area contributed by atoms with Gasteiger partial charge in [0, 0.05) is 10.0 Å². The van der Waals surface area contributed by atoms with E-state index in [0.717, 1.165) is 21.7 Å². The summed E-state index contributed by atoms with van der Waals surface area (Å²) in [5.74, 6) is 0.735. The third-order valence-corrected chi connectivity index (χ3v) is 4.07. The molecule has 2 aromatic carbocycles. The molecule has 2 atom stereocenters. The Morgan fingerprint density at radius 3 is 2.39 bits per heavy atom. The summed E-state index contributed by atoms with van der Waals surface area (Å²) in [7, 11) is 0. The number of benzene rings is 2. The highest BCUT2D eigenvalue weighted by Gasteiger charge is 2.16. The lowest BCUT2D eigenvalue weighted by Crippen LogP contribution is -3.12. The Balaban J connectivity index is 1.82. The molecule has 0 heterocycles. The van der Waals surface area contributed by atoms with Gasteiger partial charge in [0.05, 0.1) is 6.61 Å². The Kier molecular flexibility index (Phi) is 7.55. The van der Waals surface area contributed by atoms with E-state index < -0.39 is 6.10 Å². The molecule has 0 spiro atoms. The number of quaternary nitrogens is 1. The van der Waals surface area contributed by atoms with Crippen molar-refractivity contribution in [3.8, 4) is 5.75 Å². The first kappa shape index (κ1) is 17.9. The van der Waals surface area contributed by atoms with E-state index in [-0.39, 0.29) is 13.2 Å². The van der Waals surface area contributed by atoms with Crippen molar-refractivity contribution in [3.05, 3.63) is 64.6 Å². The van der Waals surface area contributed by atoms with Gasteiger partial charge in [0.15, 0.2) is 0 Å². The lowest BCUT2D eigenvalue weighted by atomic mass is 10.2. The number of halogens is 1. The van der Waals surface area contributed by atoms with Crippen molar-refractivity contribution < 1.29 is 19.8 Å². The minimum Gasteiger partial charge on any atom is -0.491 e. The lowest BCUT2D eigenvalue weighted by Gasteiger charge is -2.22. The molecule has 0 aliphatic heterocycles. The molecular formula is C18H23BrNO3+. The Hall–Kier alpha value is -1.40. The summed E-state index contributed by atoms with van der Waals surface area (Å²) in [5, 5.41) is 19.4. The topological polar surface area (TPSA) is 54.1 Å². The van der Waals surface area contributed by atoms with Crippen LogP contribution < -0.4 is 9.64 Å². The summed E-state index contributed by atoms with van der Waals surface area (Å²) in [5.41, 5.74) is 1.19. The van der Waals surface area contributed by atoms with Crippen LogP contribution in [-0.4, -0.2) is 42.6 Å². The quantitative estimate of drug-likeness (QED) is 0.613. The smallest absolute Gasteiger partial charge is 0.137 e. The summed E-state index contributed by atoms with van der Waals surface area (Å²) in [6, 6.07) is 17.6. The van der Waals surface area contributed by atoms with Gasteiger partial charge in [0.25, 0.3) is 0 Å². The number of hydrogen-bond acceptors (Lipinski definition) is 3. The van der Waals surface area contributed by atoms with Crippen molar-refractivity contribution in [2.24, 2.45) is 0 Å². The zero-order chi connectivity index (χ0) is 16.5. The average molecular weight is 381 g/mol. The molecule has 0 saturated carbocycles. The molecule has 3 N–H and O–H groups in total. The fourth-order valence-electron chi connectivity index (χ4n) is 2.42. The first-order valence-electron chi connectivity index (χ1n) is 7.72. The van der Waals surface area contributed by atoms with E-state index in [1.54, 1.807) is 0 Å². The second-order valence-corrected chi connectivity index (χ2v) is 6.42. The zero-order valence-corrected chi connectivity index (χ0v) is 14.6. The van der Waals surface area contributed by atoms with Crippen LogP contribution in [0.5, 0.6) is 5.75 Å². The largest absolute Gasteiger partial charge is 0.491 e. The van der Waals surface area contributed by atoms with Gasteiger partial charge in [0.1, 0.15) is 38.1 Å². The fourth-order valence-corrected chi connectivity index (χ4v) is 2.68. The fraction of sp³-hybridized carbons (Fsp3) is 0.333. The van der Waals surface area contributed by atoms with Crippen molar-refractivity contribution in [1.82, 2.24) is 0 Å². The molecule has 0 bridgehead atoms. The van der Waals surface area contributed by atoms with Crippen molar-refractivity contribution in [2.45, 2.75) is 12.6 Å². The molecule has 2 aromatic rings. The number of aliphatic hydroxyl groups excluding tert-OH is 2. The molecule has 0 aliphatic rings. The molecule has 1 unspecified atom stereocenters.